The van der Waals surface area contributed by atoms with Crippen LogP contribution in [0.1, 0.15) is 49.6 Å². The van der Waals surface area contributed by atoms with Gasteiger partial charge in [-0.25, -0.2) is 4.98 Å². The summed E-state index contributed by atoms with van der Waals surface area (Å²) in [5.74, 6) is 0.685. The fourth-order valence-corrected chi connectivity index (χ4v) is 7.73. The van der Waals surface area contributed by atoms with E-state index in [0.717, 1.165) is 61.2 Å². The van der Waals surface area contributed by atoms with Gasteiger partial charge in [-0.3, -0.25) is 9.55 Å². The number of aromatic nitrogens is 3. The first-order chi connectivity index (χ1) is 31.9. The van der Waals surface area contributed by atoms with Gasteiger partial charge in [0.15, 0.2) is 0 Å². The summed E-state index contributed by atoms with van der Waals surface area (Å²) < 4.78 is 75.7. The topological polar surface area (TPSA) is 50.9 Å². The Morgan fingerprint density at radius 2 is 1.19 bits per heavy atom. The second-order valence-corrected chi connectivity index (χ2v) is 14.7. The number of hydrogen-bond acceptors (Lipinski definition) is 3. The molecule has 4 heteroatoms. The predicted molar refractivity (Wildman–Crippen MR) is 241 cm³/mol. The zero-order valence-electron chi connectivity index (χ0n) is 41.0. The van der Waals surface area contributed by atoms with Gasteiger partial charge in [-0.1, -0.05) is 130 Å². The number of phenolic OH excluding ortho intramolecular Hbond substituents is 1. The highest BCUT2D eigenvalue weighted by atomic mass is 16.3. The Bertz CT molecular complexity index is 3250. The molecule has 0 aliphatic rings. The van der Waals surface area contributed by atoms with E-state index in [1.54, 1.807) is 36.5 Å². The maximum absolute atomic E-state index is 11.3. The molecule has 0 aliphatic heterocycles. The quantitative estimate of drug-likeness (QED) is 0.176. The van der Waals surface area contributed by atoms with Gasteiger partial charge in [0.25, 0.3) is 0 Å². The summed E-state index contributed by atoms with van der Waals surface area (Å²) in [4.78, 5) is 10.2. The van der Waals surface area contributed by atoms with Crippen LogP contribution in [0.25, 0.3) is 83.9 Å². The van der Waals surface area contributed by atoms with Crippen LogP contribution in [-0.4, -0.2) is 19.6 Å². The number of benzene rings is 7. The summed E-state index contributed by atoms with van der Waals surface area (Å²) in [6.45, 7) is -5.86. The monoisotopic (exact) mass is 760 g/mol. The molecule has 0 amide bonds. The van der Waals surface area contributed by atoms with Crippen LogP contribution in [0.3, 0.4) is 0 Å². The zero-order valence-corrected chi connectivity index (χ0v) is 32.0. The molecule has 9 rings (SSSR count). The fourth-order valence-electron chi connectivity index (χ4n) is 7.73. The molecule has 0 bridgehead atoms. The Kier molecular flexibility index (Phi) is 7.03. The largest absolute Gasteiger partial charge is 0.507 e. The van der Waals surface area contributed by atoms with Crippen molar-refractivity contribution in [3.8, 4) is 78.6 Å². The molecule has 2 aromatic heterocycles. The molecule has 282 valence electrons. The summed E-state index contributed by atoms with van der Waals surface area (Å²) in [7, 11) is 0. The molecule has 58 heavy (non-hydrogen) atoms. The zero-order chi connectivity index (χ0) is 47.5. The summed E-state index contributed by atoms with van der Waals surface area (Å²) in [6, 6.07) is 53.6. The molecular weight excluding hydrogens is 707 g/mol. The van der Waals surface area contributed by atoms with E-state index < -0.39 is 26.0 Å². The van der Waals surface area contributed by atoms with Crippen molar-refractivity contribution in [1.29, 1.82) is 0 Å². The highest BCUT2D eigenvalue weighted by Gasteiger charge is 2.22. The van der Waals surface area contributed by atoms with E-state index in [0.29, 0.717) is 28.2 Å². The number of fused-ring (bicyclic) bond motifs is 1. The van der Waals surface area contributed by atoms with Gasteiger partial charge in [-0.15, -0.1) is 0 Å². The Morgan fingerprint density at radius 3 is 1.93 bits per heavy atom. The molecule has 0 aliphatic carbocycles. The number of aromatic hydroxyl groups is 1. The second kappa shape index (κ2) is 14.8. The van der Waals surface area contributed by atoms with Crippen LogP contribution >= 0.6 is 0 Å². The minimum atomic E-state index is -3.37. The third-order valence-corrected chi connectivity index (χ3v) is 10.9. The molecule has 7 aromatic carbocycles. The van der Waals surface area contributed by atoms with E-state index in [-0.39, 0.29) is 11.3 Å². The third kappa shape index (κ3) is 6.88. The average molecular weight is 761 g/mol. The lowest BCUT2D eigenvalue weighted by atomic mass is 9.86. The van der Waals surface area contributed by atoms with Gasteiger partial charge in [0, 0.05) is 35.3 Å². The van der Waals surface area contributed by atoms with Gasteiger partial charge < -0.3 is 5.11 Å². The van der Waals surface area contributed by atoms with Gasteiger partial charge in [0.05, 0.1) is 22.3 Å². The smallest absolute Gasteiger partial charge is 0.149 e. The first-order valence-corrected chi connectivity index (χ1v) is 19.1. The lowest BCUT2D eigenvalue weighted by Crippen LogP contribution is -2.10. The van der Waals surface area contributed by atoms with E-state index in [1.807, 2.05) is 84.9 Å². The molecule has 0 saturated heterocycles. The molecule has 9 aromatic rings. The van der Waals surface area contributed by atoms with Crippen LogP contribution in [0, 0.1) is 13.8 Å². The van der Waals surface area contributed by atoms with Gasteiger partial charge >= 0.3 is 0 Å². The van der Waals surface area contributed by atoms with E-state index >= 15 is 0 Å². The van der Waals surface area contributed by atoms with Crippen molar-refractivity contribution in [2.24, 2.45) is 0 Å². The Labute approximate surface area is 353 Å². The highest BCUT2D eigenvalue weighted by Crippen LogP contribution is 2.41. The highest BCUT2D eigenvalue weighted by molar-refractivity contribution is 5.98. The summed E-state index contributed by atoms with van der Waals surface area (Å²) in [5, 5.41) is 11.3. The molecule has 4 nitrogen and oxygen atoms in total. The number of imidazole rings is 1. The van der Waals surface area contributed by atoms with E-state index in [9.17, 15) is 5.11 Å². The molecule has 0 spiro atoms. The molecule has 0 saturated carbocycles. The molecule has 0 radical (unpaired) electrons. The first-order valence-electron chi connectivity index (χ1n) is 23.6. The number of aryl methyl sites for hydroxylation is 1. The van der Waals surface area contributed by atoms with E-state index in [4.69, 9.17) is 22.3 Å². The number of nitrogens with zero attached hydrogens (tertiary/aromatic N) is 3. The maximum Gasteiger partial charge on any atom is 0.149 e. The molecule has 0 unspecified atom stereocenters. The lowest BCUT2D eigenvalue weighted by Gasteiger charge is -2.19. The standard InChI is InChI=1S/C54H45N3O/c1-35-29-45(34-48(36(35)2)39-17-10-7-11-18-39)57-50-21-14-20-46(52(50)56-53(57)47-19-12-13-22-51(47)58)42-30-41(37-15-8-6-9-16-37)31-43(32-42)49-33-40(27-28-55-49)38-23-25-44(26-24-38)54(3,4)5/h6-34,58H,1-5H3/i3D3,4D3,5D3. The Balaban J connectivity index is 1.21. The van der Waals surface area contributed by atoms with E-state index in [1.165, 1.54) is 17.7 Å². The van der Waals surface area contributed by atoms with Gasteiger partial charge in [0.2, 0.25) is 0 Å². The summed E-state index contributed by atoms with van der Waals surface area (Å²) in [6.07, 6.45) is 1.67. The number of pyridine rings is 1. The van der Waals surface area contributed by atoms with Crippen molar-refractivity contribution in [2.45, 2.75) is 39.8 Å². The SMILES string of the molecule is [2H]C([2H])([2H])C(c1ccc(-c2ccnc(-c3cc(-c4ccccc4)cc(-c4cccc5c4nc(-c4ccccc4O)n5-c4cc(C)c(C)c(-c5ccccc5)c4)c3)c2)cc1)(C([2H])([2H])[2H])C([2H])([2H])[2H]. The molecule has 1 N–H and O–H groups in total. The van der Waals surface area contributed by atoms with Crippen molar-refractivity contribution in [3.05, 3.63) is 193 Å². The maximum atomic E-state index is 11.3. The first kappa shape index (κ1) is 27.5. The van der Waals surface area contributed by atoms with Crippen LogP contribution < -0.4 is 0 Å². The minimum absolute atomic E-state index is 0.104. The van der Waals surface area contributed by atoms with Gasteiger partial charge in [-0.2, -0.15) is 0 Å². The number of hydrogen-bond donors (Lipinski definition) is 1. The van der Waals surface area contributed by atoms with Gasteiger partial charge in [0.1, 0.15) is 11.6 Å². The predicted octanol–water partition coefficient (Wildman–Crippen LogP) is 14.0. The summed E-state index contributed by atoms with van der Waals surface area (Å²) in [5.41, 5.74) is 10.4. The number of rotatable bonds is 7. The average Bonchev–Trinajstić information content (AvgIpc) is 3.69. The van der Waals surface area contributed by atoms with Crippen molar-refractivity contribution in [3.63, 3.8) is 0 Å². The van der Waals surface area contributed by atoms with Crippen molar-refractivity contribution in [1.82, 2.24) is 14.5 Å². The fraction of sp³-hybridized carbons (Fsp3) is 0.111. The van der Waals surface area contributed by atoms with Crippen LogP contribution in [0.15, 0.2) is 176 Å². The van der Waals surface area contributed by atoms with Crippen LogP contribution in [0.2, 0.25) is 0 Å². The Morgan fingerprint density at radius 1 is 0.534 bits per heavy atom. The number of para-hydroxylation sites is 2. The summed E-state index contributed by atoms with van der Waals surface area (Å²) >= 11 is 0. The normalized spacial score (nSPS) is 14.6. The second-order valence-electron chi connectivity index (χ2n) is 14.7. The van der Waals surface area contributed by atoms with Crippen molar-refractivity contribution >= 4 is 11.0 Å². The van der Waals surface area contributed by atoms with Crippen LogP contribution in [0.5, 0.6) is 5.75 Å². The molecule has 2 heterocycles. The minimum Gasteiger partial charge on any atom is -0.507 e. The molecule has 0 atom stereocenters. The molecular formula is C54H45N3O. The van der Waals surface area contributed by atoms with Crippen LogP contribution in [-0.2, 0) is 5.41 Å². The number of phenols is 1. The van der Waals surface area contributed by atoms with Crippen LogP contribution in [0.4, 0.5) is 0 Å². The van der Waals surface area contributed by atoms with Crippen molar-refractivity contribution < 1.29 is 17.4 Å². The lowest BCUT2D eigenvalue weighted by molar-refractivity contribution is 0.477. The van der Waals surface area contributed by atoms with Gasteiger partial charge in [-0.05, 0) is 136 Å². The third-order valence-electron chi connectivity index (χ3n) is 10.9. The Hall–Kier alpha value is -7.04. The van der Waals surface area contributed by atoms with E-state index in [2.05, 4.69) is 60.9 Å². The van der Waals surface area contributed by atoms with Crippen molar-refractivity contribution in [2.75, 3.05) is 0 Å². The molecule has 0 fully saturated rings.